The maximum absolute atomic E-state index is 12.7. The molecule has 132 valence electrons. The van der Waals surface area contributed by atoms with Crippen molar-refractivity contribution in [1.82, 2.24) is 15.0 Å². The largest absolute Gasteiger partial charge is 0.438 e. The molecule has 0 saturated carbocycles. The van der Waals surface area contributed by atoms with Crippen molar-refractivity contribution >= 4 is 16.7 Å². The van der Waals surface area contributed by atoms with Crippen LogP contribution in [0.25, 0.3) is 10.9 Å². The van der Waals surface area contributed by atoms with Crippen LogP contribution in [-0.2, 0) is 0 Å². The van der Waals surface area contributed by atoms with Crippen molar-refractivity contribution in [2.75, 3.05) is 0 Å². The van der Waals surface area contributed by atoms with Gasteiger partial charge in [-0.25, -0.2) is 4.98 Å². The van der Waals surface area contributed by atoms with Gasteiger partial charge < -0.3 is 4.74 Å². The number of carbonyl (C=O) groups is 1. The minimum absolute atomic E-state index is 0.00332. The van der Waals surface area contributed by atoms with Crippen molar-refractivity contribution in [3.63, 3.8) is 0 Å². The van der Waals surface area contributed by atoms with E-state index in [0.29, 0.717) is 17.2 Å². The Balaban J connectivity index is 1.54. The lowest BCUT2D eigenvalue weighted by Gasteiger charge is -2.11. The van der Waals surface area contributed by atoms with Crippen LogP contribution in [-0.4, -0.2) is 20.7 Å². The van der Waals surface area contributed by atoms with E-state index in [9.17, 15) is 4.79 Å². The van der Waals surface area contributed by atoms with Crippen LogP contribution in [0.15, 0.2) is 79.4 Å². The fourth-order valence-electron chi connectivity index (χ4n) is 2.90. The quantitative estimate of drug-likeness (QED) is 0.481. The highest BCUT2D eigenvalue weighted by atomic mass is 16.5. The van der Waals surface area contributed by atoms with E-state index in [1.165, 1.54) is 0 Å². The number of fused-ring (bicyclic) bond motifs is 1. The molecular weight excluding hydrogens is 338 g/mol. The zero-order chi connectivity index (χ0) is 18.6. The molecule has 5 nitrogen and oxygen atoms in total. The summed E-state index contributed by atoms with van der Waals surface area (Å²) in [4.78, 5) is 25.4. The van der Waals surface area contributed by atoms with E-state index in [0.717, 1.165) is 16.5 Å². The number of benzene rings is 1. The van der Waals surface area contributed by atoms with Crippen LogP contribution in [0.1, 0.15) is 28.8 Å². The van der Waals surface area contributed by atoms with Crippen LogP contribution in [0.5, 0.6) is 11.6 Å². The highest BCUT2D eigenvalue weighted by Crippen LogP contribution is 2.28. The average molecular weight is 355 g/mol. The molecule has 0 spiro atoms. The summed E-state index contributed by atoms with van der Waals surface area (Å²) in [5, 5.41) is 0.909. The molecular formula is C22H17N3O2. The zero-order valence-corrected chi connectivity index (χ0v) is 14.7. The van der Waals surface area contributed by atoms with Gasteiger partial charge in [0.1, 0.15) is 5.75 Å². The first-order valence-corrected chi connectivity index (χ1v) is 8.64. The molecule has 4 aromatic rings. The number of hydrogen-bond acceptors (Lipinski definition) is 5. The van der Waals surface area contributed by atoms with Gasteiger partial charge in [0, 0.05) is 47.7 Å². The number of rotatable bonds is 5. The highest BCUT2D eigenvalue weighted by molar-refractivity contribution is 6.00. The molecule has 1 atom stereocenters. The topological polar surface area (TPSA) is 65.0 Å². The van der Waals surface area contributed by atoms with Gasteiger partial charge in [-0.3, -0.25) is 14.8 Å². The lowest BCUT2D eigenvalue weighted by molar-refractivity contribution is 0.0965. The molecule has 3 heterocycles. The lowest BCUT2D eigenvalue weighted by atomic mass is 9.94. The number of hydrogen-bond donors (Lipinski definition) is 0. The molecule has 0 bridgehead atoms. The van der Waals surface area contributed by atoms with E-state index in [2.05, 4.69) is 15.0 Å². The highest BCUT2D eigenvalue weighted by Gasteiger charge is 2.18. The molecule has 1 unspecified atom stereocenters. The lowest BCUT2D eigenvalue weighted by Crippen LogP contribution is -2.10. The fraction of sp³-hybridized carbons (Fsp3) is 0.0909. The molecule has 27 heavy (non-hydrogen) atoms. The second kappa shape index (κ2) is 7.33. The van der Waals surface area contributed by atoms with Crippen LogP contribution < -0.4 is 4.74 Å². The predicted octanol–water partition coefficient (Wildman–Crippen LogP) is 4.80. The second-order valence-corrected chi connectivity index (χ2v) is 6.19. The minimum atomic E-state index is -0.281. The fourth-order valence-corrected chi connectivity index (χ4v) is 2.90. The van der Waals surface area contributed by atoms with Gasteiger partial charge >= 0.3 is 0 Å². The second-order valence-electron chi connectivity index (χ2n) is 6.19. The Kier molecular flexibility index (Phi) is 4.58. The molecule has 5 heteroatoms. The Hall–Kier alpha value is -3.60. The van der Waals surface area contributed by atoms with Crippen LogP contribution in [0.4, 0.5) is 0 Å². The van der Waals surface area contributed by atoms with Crippen LogP contribution >= 0.6 is 0 Å². The third-order valence-corrected chi connectivity index (χ3v) is 4.42. The van der Waals surface area contributed by atoms with Crippen molar-refractivity contribution < 1.29 is 9.53 Å². The molecule has 0 saturated heterocycles. The zero-order valence-electron chi connectivity index (χ0n) is 14.7. The molecule has 0 fully saturated rings. The smallest absolute Gasteiger partial charge is 0.219 e. The number of pyridine rings is 3. The van der Waals surface area contributed by atoms with Gasteiger partial charge in [0.05, 0.1) is 5.52 Å². The van der Waals surface area contributed by atoms with E-state index in [-0.39, 0.29) is 11.7 Å². The summed E-state index contributed by atoms with van der Waals surface area (Å²) in [6.07, 6.45) is 6.70. The molecule has 0 radical (unpaired) electrons. The van der Waals surface area contributed by atoms with Gasteiger partial charge in [0.2, 0.25) is 5.88 Å². The standard InChI is InChI=1S/C22H17N3O2/c1-15(16-5-3-11-23-13-16)22(26)17-9-10-21(25-14-17)27-20-8-2-7-19-18(20)6-4-12-24-19/h2-15H,1H3. The number of nitrogens with zero attached hydrogens (tertiary/aromatic N) is 3. The van der Waals surface area contributed by atoms with Gasteiger partial charge in [0.25, 0.3) is 0 Å². The van der Waals surface area contributed by atoms with E-state index in [1.807, 2.05) is 49.4 Å². The Morgan fingerprint density at radius 2 is 1.81 bits per heavy atom. The van der Waals surface area contributed by atoms with Gasteiger partial charge in [0.15, 0.2) is 5.78 Å². The Bertz CT molecular complexity index is 1070. The molecule has 0 aliphatic carbocycles. The third-order valence-electron chi connectivity index (χ3n) is 4.42. The maximum atomic E-state index is 12.7. The molecule has 1 aromatic carbocycles. The number of ketones is 1. The molecule has 0 N–H and O–H groups in total. The first kappa shape index (κ1) is 16.8. The van der Waals surface area contributed by atoms with Crippen molar-refractivity contribution in [2.24, 2.45) is 0 Å². The number of Topliss-reactive ketones (excluding diaryl/α,β-unsaturated/α-hetero) is 1. The van der Waals surface area contributed by atoms with Gasteiger partial charge in [-0.15, -0.1) is 0 Å². The van der Waals surface area contributed by atoms with Crippen LogP contribution in [0, 0.1) is 0 Å². The predicted molar refractivity (Wildman–Crippen MR) is 103 cm³/mol. The van der Waals surface area contributed by atoms with Crippen molar-refractivity contribution in [3.05, 3.63) is 90.5 Å². The maximum Gasteiger partial charge on any atom is 0.219 e. The number of aromatic nitrogens is 3. The number of carbonyl (C=O) groups excluding carboxylic acids is 1. The van der Waals surface area contributed by atoms with Crippen molar-refractivity contribution in [2.45, 2.75) is 12.8 Å². The monoisotopic (exact) mass is 355 g/mol. The SMILES string of the molecule is CC(C(=O)c1ccc(Oc2cccc3ncccc23)nc1)c1cccnc1. The van der Waals surface area contributed by atoms with E-state index < -0.39 is 0 Å². The molecule has 4 rings (SSSR count). The van der Waals surface area contributed by atoms with Crippen LogP contribution in [0.2, 0.25) is 0 Å². The third kappa shape index (κ3) is 3.53. The first-order chi connectivity index (χ1) is 13.2. The average Bonchev–Trinajstić information content (AvgIpc) is 2.74. The summed E-state index contributed by atoms with van der Waals surface area (Å²) < 4.78 is 5.90. The van der Waals surface area contributed by atoms with Gasteiger partial charge in [-0.2, -0.15) is 0 Å². The van der Waals surface area contributed by atoms with Crippen molar-refractivity contribution in [3.8, 4) is 11.6 Å². The van der Waals surface area contributed by atoms with Crippen LogP contribution in [0.3, 0.4) is 0 Å². The molecule has 0 aliphatic heterocycles. The Morgan fingerprint density at radius 3 is 2.59 bits per heavy atom. The van der Waals surface area contributed by atoms with E-state index in [1.54, 1.807) is 36.9 Å². The summed E-state index contributed by atoms with van der Waals surface area (Å²) in [5.41, 5.74) is 2.27. The normalized spacial score (nSPS) is 11.9. The van der Waals surface area contributed by atoms with E-state index >= 15 is 0 Å². The number of ether oxygens (including phenoxy) is 1. The van der Waals surface area contributed by atoms with E-state index in [4.69, 9.17) is 4.74 Å². The summed E-state index contributed by atoms with van der Waals surface area (Å²) in [6, 6.07) is 16.7. The minimum Gasteiger partial charge on any atom is -0.438 e. The van der Waals surface area contributed by atoms with Gasteiger partial charge in [-0.1, -0.05) is 19.1 Å². The molecule has 0 amide bonds. The summed E-state index contributed by atoms with van der Waals surface area (Å²) in [6.45, 7) is 1.87. The summed E-state index contributed by atoms with van der Waals surface area (Å²) in [7, 11) is 0. The Labute approximate surface area is 156 Å². The molecule has 0 aliphatic rings. The molecule has 3 aromatic heterocycles. The summed E-state index contributed by atoms with van der Waals surface area (Å²) in [5.74, 6) is 0.820. The van der Waals surface area contributed by atoms with Crippen molar-refractivity contribution in [1.29, 1.82) is 0 Å². The van der Waals surface area contributed by atoms with Gasteiger partial charge in [-0.05, 0) is 42.0 Å². The summed E-state index contributed by atoms with van der Waals surface area (Å²) >= 11 is 0. The Morgan fingerprint density at radius 1 is 0.926 bits per heavy atom. The first-order valence-electron chi connectivity index (χ1n) is 8.64.